The van der Waals surface area contributed by atoms with Gasteiger partial charge in [-0.2, -0.15) is 0 Å². The lowest BCUT2D eigenvalue weighted by Crippen LogP contribution is -2.33. The summed E-state index contributed by atoms with van der Waals surface area (Å²) < 4.78 is 11.3. The van der Waals surface area contributed by atoms with Crippen LogP contribution in [0.3, 0.4) is 0 Å². The van der Waals surface area contributed by atoms with Gasteiger partial charge < -0.3 is 19.5 Å². The maximum atomic E-state index is 11.0. The number of hydrogen-bond acceptors (Lipinski definition) is 4. The Morgan fingerprint density at radius 3 is 2.84 bits per heavy atom. The average molecular weight is 361 g/mol. The van der Waals surface area contributed by atoms with E-state index >= 15 is 0 Å². The molecule has 2 aromatic rings. The normalized spacial score (nSPS) is 14.0. The number of nitrogens with zero attached hydrogens (tertiary/aromatic N) is 2. The van der Waals surface area contributed by atoms with Crippen LogP contribution in [0.4, 0.5) is 4.79 Å². The van der Waals surface area contributed by atoms with Crippen molar-refractivity contribution in [2.75, 3.05) is 20.2 Å². The number of carbonyl (C=O) groups is 1. The van der Waals surface area contributed by atoms with E-state index in [2.05, 4.69) is 4.98 Å². The van der Waals surface area contributed by atoms with Gasteiger partial charge in [-0.15, -0.1) is 0 Å². The molecule has 1 N–H and O–H groups in total. The number of aromatic nitrogens is 1. The second-order valence-corrected chi connectivity index (χ2v) is 5.84. The van der Waals surface area contributed by atoms with Gasteiger partial charge in [0.25, 0.3) is 0 Å². The Hall–Kier alpha value is -2.73. The van der Waals surface area contributed by atoms with Crippen molar-refractivity contribution < 1.29 is 19.4 Å². The zero-order valence-corrected chi connectivity index (χ0v) is 14.4. The maximum Gasteiger partial charge on any atom is 0.407 e. The number of para-hydroxylation sites is 1. The highest BCUT2D eigenvalue weighted by molar-refractivity contribution is 6.32. The molecule has 0 aliphatic carbocycles. The Morgan fingerprint density at radius 2 is 2.16 bits per heavy atom. The number of methoxy groups -OCH3 is 1. The molecule has 25 heavy (non-hydrogen) atoms. The number of ether oxygens (including phenoxy) is 2. The minimum Gasteiger partial charge on any atom is -0.493 e. The summed E-state index contributed by atoms with van der Waals surface area (Å²) >= 11 is 6.23. The van der Waals surface area contributed by atoms with Gasteiger partial charge in [0.1, 0.15) is 0 Å². The minimum atomic E-state index is -0.918. The molecule has 1 aromatic heterocycles. The van der Waals surface area contributed by atoms with Crippen molar-refractivity contribution in [1.82, 2.24) is 9.88 Å². The summed E-state index contributed by atoms with van der Waals surface area (Å²) in [5, 5.41) is 9.49. The van der Waals surface area contributed by atoms with E-state index in [-0.39, 0.29) is 0 Å². The van der Waals surface area contributed by atoms with Crippen LogP contribution in [-0.4, -0.2) is 41.3 Å². The molecule has 1 aliphatic rings. The predicted molar refractivity (Wildman–Crippen MR) is 94.5 cm³/mol. The van der Waals surface area contributed by atoms with Crippen LogP contribution in [0, 0.1) is 0 Å². The number of hydrogen-bond donors (Lipinski definition) is 1. The summed E-state index contributed by atoms with van der Waals surface area (Å²) in [6.07, 6.45) is 3.19. The fourth-order valence-corrected chi connectivity index (χ4v) is 2.85. The Bertz CT molecular complexity index is 822. The van der Waals surface area contributed by atoms with E-state index in [1.165, 1.54) is 4.90 Å². The van der Waals surface area contributed by atoms with Crippen LogP contribution in [0.5, 0.6) is 17.4 Å². The van der Waals surface area contributed by atoms with Crippen molar-refractivity contribution in [3.63, 3.8) is 0 Å². The first-order valence-electron chi connectivity index (χ1n) is 7.73. The van der Waals surface area contributed by atoms with Gasteiger partial charge in [0.15, 0.2) is 11.5 Å². The van der Waals surface area contributed by atoms with E-state index in [9.17, 15) is 4.79 Å². The molecule has 0 saturated carbocycles. The van der Waals surface area contributed by atoms with E-state index < -0.39 is 6.09 Å². The molecule has 0 unspecified atom stereocenters. The predicted octanol–water partition coefficient (Wildman–Crippen LogP) is 4.30. The summed E-state index contributed by atoms with van der Waals surface area (Å²) in [5.74, 6) is 1.32. The molecule has 7 heteroatoms. The highest BCUT2D eigenvalue weighted by atomic mass is 35.5. The van der Waals surface area contributed by atoms with Gasteiger partial charge in [-0.1, -0.05) is 23.7 Å². The molecule has 1 amide bonds. The van der Waals surface area contributed by atoms with E-state index in [1.807, 2.05) is 18.2 Å². The molecular formula is C18H17ClN2O4. The number of benzene rings is 1. The van der Waals surface area contributed by atoms with Crippen molar-refractivity contribution in [3.8, 4) is 17.4 Å². The summed E-state index contributed by atoms with van der Waals surface area (Å²) in [5.41, 5.74) is 1.81. The molecule has 130 valence electrons. The Labute approximate surface area is 150 Å². The topological polar surface area (TPSA) is 71.9 Å². The molecular weight excluding hydrogens is 344 g/mol. The first-order chi connectivity index (χ1) is 12.1. The fraction of sp³-hybridized carbons (Fsp3) is 0.222. The maximum absolute atomic E-state index is 11.0. The van der Waals surface area contributed by atoms with Gasteiger partial charge in [-0.3, -0.25) is 0 Å². The molecule has 1 aliphatic heterocycles. The van der Waals surface area contributed by atoms with Crippen molar-refractivity contribution in [1.29, 1.82) is 0 Å². The van der Waals surface area contributed by atoms with Crippen LogP contribution in [0.25, 0.3) is 5.57 Å². The summed E-state index contributed by atoms with van der Waals surface area (Å²) in [7, 11) is 1.54. The molecule has 6 nitrogen and oxygen atoms in total. The molecule has 0 radical (unpaired) electrons. The number of rotatable bonds is 4. The van der Waals surface area contributed by atoms with Gasteiger partial charge in [0.2, 0.25) is 5.88 Å². The zero-order chi connectivity index (χ0) is 17.8. The molecule has 0 atom stereocenters. The van der Waals surface area contributed by atoms with Gasteiger partial charge in [-0.25, -0.2) is 9.78 Å². The molecule has 0 saturated heterocycles. The number of amides is 1. The third-order valence-corrected chi connectivity index (χ3v) is 4.24. The van der Waals surface area contributed by atoms with Crippen molar-refractivity contribution >= 4 is 23.3 Å². The standard InChI is InChI=1S/C18H17ClN2O4/c1-24-15-6-2-5-14(19)16(15)25-17-13(4-3-9-20-17)12-7-10-21(11-8-12)18(22)23/h2-7,9H,8,10-11H2,1H3,(H,22,23). The van der Waals surface area contributed by atoms with Crippen molar-refractivity contribution in [2.24, 2.45) is 0 Å². The Kier molecular flexibility index (Phi) is 5.09. The SMILES string of the molecule is COc1cccc(Cl)c1Oc1ncccc1C1=CCN(C(=O)O)CC1. The zero-order valence-electron chi connectivity index (χ0n) is 13.6. The lowest BCUT2D eigenvalue weighted by atomic mass is 10.0. The van der Waals surface area contributed by atoms with E-state index in [1.54, 1.807) is 31.5 Å². The molecule has 2 heterocycles. The highest BCUT2D eigenvalue weighted by Gasteiger charge is 2.20. The third kappa shape index (κ3) is 3.69. The van der Waals surface area contributed by atoms with Crippen LogP contribution in [0.15, 0.2) is 42.6 Å². The molecule has 0 bridgehead atoms. The van der Waals surface area contributed by atoms with Gasteiger partial charge >= 0.3 is 6.09 Å². The molecule has 3 rings (SSSR count). The average Bonchev–Trinajstić information content (AvgIpc) is 2.64. The van der Waals surface area contributed by atoms with Crippen molar-refractivity contribution in [3.05, 3.63) is 53.2 Å². The fourth-order valence-electron chi connectivity index (χ4n) is 2.65. The Morgan fingerprint density at radius 1 is 1.32 bits per heavy atom. The van der Waals surface area contributed by atoms with E-state index in [4.69, 9.17) is 26.2 Å². The highest BCUT2D eigenvalue weighted by Crippen LogP contribution is 2.39. The van der Waals surface area contributed by atoms with Crippen LogP contribution < -0.4 is 9.47 Å². The van der Waals surface area contributed by atoms with E-state index in [0.717, 1.165) is 11.1 Å². The first kappa shape index (κ1) is 17.1. The van der Waals surface area contributed by atoms with Crippen LogP contribution in [0.2, 0.25) is 5.02 Å². The van der Waals surface area contributed by atoms with Gasteiger partial charge in [-0.05, 0) is 36.3 Å². The Balaban J connectivity index is 1.92. The second-order valence-electron chi connectivity index (χ2n) is 5.44. The van der Waals surface area contributed by atoms with E-state index in [0.29, 0.717) is 41.9 Å². The van der Waals surface area contributed by atoms with Gasteiger partial charge in [0, 0.05) is 24.8 Å². The number of carboxylic acid groups (broad SMARTS) is 1. The quantitative estimate of drug-likeness (QED) is 0.879. The largest absolute Gasteiger partial charge is 0.493 e. The number of pyridine rings is 1. The lowest BCUT2D eigenvalue weighted by molar-refractivity contribution is 0.150. The first-order valence-corrected chi connectivity index (χ1v) is 8.10. The minimum absolute atomic E-state index is 0.342. The second kappa shape index (κ2) is 7.44. The lowest BCUT2D eigenvalue weighted by Gasteiger charge is -2.24. The summed E-state index contributed by atoms with van der Waals surface area (Å²) in [4.78, 5) is 16.7. The van der Waals surface area contributed by atoms with Crippen LogP contribution in [0.1, 0.15) is 12.0 Å². The summed E-state index contributed by atoms with van der Waals surface area (Å²) in [6.45, 7) is 0.777. The smallest absolute Gasteiger partial charge is 0.407 e. The number of halogens is 1. The summed E-state index contributed by atoms with van der Waals surface area (Å²) in [6, 6.07) is 8.96. The van der Waals surface area contributed by atoms with Gasteiger partial charge in [0.05, 0.1) is 12.1 Å². The van der Waals surface area contributed by atoms with Crippen molar-refractivity contribution in [2.45, 2.75) is 6.42 Å². The van der Waals surface area contributed by atoms with Crippen LogP contribution in [-0.2, 0) is 0 Å². The van der Waals surface area contributed by atoms with Crippen LogP contribution >= 0.6 is 11.6 Å². The third-order valence-electron chi connectivity index (χ3n) is 3.95. The molecule has 0 spiro atoms. The molecule has 0 fully saturated rings. The monoisotopic (exact) mass is 360 g/mol. The molecule has 1 aromatic carbocycles.